The number of hydrogen-bond acceptors (Lipinski definition) is 3. The molecule has 0 aromatic rings. The third-order valence-corrected chi connectivity index (χ3v) is 3.91. The number of amides is 2. The van der Waals surface area contributed by atoms with Crippen molar-refractivity contribution in [2.24, 2.45) is 0 Å². The lowest BCUT2D eigenvalue weighted by molar-refractivity contribution is -0.143. The Morgan fingerprint density at radius 2 is 1.94 bits per heavy atom. The van der Waals surface area contributed by atoms with Crippen LogP contribution in [0, 0.1) is 0 Å². The molecule has 1 unspecified atom stereocenters. The van der Waals surface area contributed by atoms with E-state index in [2.05, 4.69) is 5.32 Å². The summed E-state index contributed by atoms with van der Waals surface area (Å²) in [6.07, 6.45) is 5.26. The molecule has 1 N–H and O–H groups in total. The van der Waals surface area contributed by atoms with E-state index in [0.29, 0.717) is 0 Å². The zero-order valence-electron chi connectivity index (χ0n) is 11.2. The highest BCUT2D eigenvalue weighted by Gasteiger charge is 2.29. The normalized spacial score (nSPS) is 25.4. The first-order chi connectivity index (χ1) is 8.72. The first-order valence-corrected chi connectivity index (χ1v) is 6.96. The van der Waals surface area contributed by atoms with Crippen molar-refractivity contribution in [3.63, 3.8) is 0 Å². The standard InChI is InChI=1S/C13H23N3O2/c1-14-11-6-5-9-16(13(11)18)10-12(17)15-7-3-2-4-8-15/h11,14H,2-10H2,1H3. The predicted molar refractivity (Wildman–Crippen MR) is 69.1 cm³/mol. The van der Waals surface area contributed by atoms with E-state index in [4.69, 9.17) is 0 Å². The maximum Gasteiger partial charge on any atom is 0.242 e. The molecule has 2 amide bonds. The van der Waals surface area contributed by atoms with Crippen LogP contribution >= 0.6 is 0 Å². The Balaban J connectivity index is 1.87. The summed E-state index contributed by atoms with van der Waals surface area (Å²) in [7, 11) is 1.80. The molecule has 2 fully saturated rings. The van der Waals surface area contributed by atoms with Gasteiger partial charge >= 0.3 is 0 Å². The van der Waals surface area contributed by atoms with E-state index in [-0.39, 0.29) is 24.4 Å². The fourth-order valence-electron chi connectivity index (χ4n) is 2.77. The van der Waals surface area contributed by atoms with Gasteiger partial charge in [-0.1, -0.05) is 0 Å². The number of likely N-dealkylation sites (N-methyl/N-ethyl adjacent to an activating group) is 1. The summed E-state index contributed by atoms with van der Waals surface area (Å²) in [5, 5.41) is 3.02. The third kappa shape index (κ3) is 3.02. The van der Waals surface area contributed by atoms with Crippen LogP contribution in [0.3, 0.4) is 0 Å². The Bertz CT molecular complexity index is 313. The van der Waals surface area contributed by atoms with E-state index in [1.165, 1.54) is 6.42 Å². The van der Waals surface area contributed by atoms with Gasteiger partial charge in [-0.2, -0.15) is 0 Å². The van der Waals surface area contributed by atoms with E-state index in [1.807, 2.05) is 4.90 Å². The maximum absolute atomic E-state index is 12.1. The molecule has 1 atom stereocenters. The summed E-state index contributed by atoms with van der Waals surface area (Å²) < 4.78 is 0. The molecule has 102 valence electrons. The van der Waals surface area contributed by atoms with Gasteiger partial charge in [0.05, 0.1) is 12.6 Å². The summed E-state index contributed by atoms with van der Waals surface area (Å²) in [4.78, 5) is 27.8. The van der Waals surface area contributed by atoms with Crippen LogP contribution in [0.1, 0.15) is 32.1 Å². The fourth-order valence-corrected chi connectivity index (χ4v) is 2.77. The van der Waals surface area contributed by atoms with Gasteiger partial charge in [-0.3, -0.25) is 9.59 Å². The molecule has 0 radical (unpaired) electrons. The topological polar surface area (TPSA) is 52.7 Å². The summed E-state index contributed by atoms with van der Waals surface area (Å²) in [6.45, 7) is 2.69. The minimum absolute atomic E-state index is 0.0779. The summed E-state index contributed by atoms with van der Waals surface area (Å²) in [6, 6.07) is -0.104. The van der Waals surface area contributed by atoms with Gasteiger partial charge in [0.15, 0.2) is 0 Å². The first kappa shape index (κ1) is 13.3. The van der Waals surface area contributed by atoms with Crippen LogP contribution in [0.5, 0.6) is 0 Å². The smallest absolute Gasteiger partial charge is 0.242 e. The van der Waals surface area contributed by atoms with Crippen LogP contribution in [0.25, 0.3) is 0 Å². The van der Waals surface area contributed by atoms with Gasteiger partial charge in [-0.05, 0) is 39.2 Å². The van der Waals surface area contributed by atoms with Crippen LogP contribution in [0.2, 0.25) is 0 Å². The molecule has 2 aliphatic heterocycles. The van der Waals surface area contributed by atoms with E-state index in [0.717, 1.165) is 45.3 Å². The molecule has 0 aromatic carbocycles. The zero-order valence-corrected chi connectivity index (χ0v) is 11.2. The average molecular weight is 253 g/mol. The Morgan fingerprint density at radius 3 is 2.61 bits per heavy atom. The van der Waals surface area contributed by atoms with Gasteiger partial charge in [0.1, 0.15) is 0 Å². The molecular weight excluding hydrogens is 230 g/mol. The van der Waals surface area contributed by atoms with Crippen molar-refractivity contribution in [3.05, 3.63) is 0 Å². The molecule has 2 aliphatic rings. The summed E-state index contributed by atoms with van der Waals surface area (Å²) in [5.41, 5.74) is 0. The number of rotatable bonds is 3. The molecule has 5 heteroatoms. The molecular formula is C13H23N3O2. The lowest BCUT2D eigenvalue weighted by Crippen LogP contribution is -2.53. The average Bonchev–Trinajstić information content (AvgIpc) is 2.42. The van der Waals surface area contributed by atoms with Gasteiger partial charge in [0.25, 0.3) is 0 Å². The molecule has 0 spiro atoms. The molecule has 2 heterocycles. The molecule has 18 heavy (non-hydrogen) atoms. The van der Waals surface area contributed by atoms with Gasteiger partial charge in [-0.15, -0.1) is 0 Å². The Morgan fingerprint density at radius 1 is 1.22 bits per heavy atom. The van der Waals surface area contributed by atoms with Gasteiger partial charge < -0.3 is 15.1 Å². The van der Waals surface area contributed by atoms with Gasteiger partial charge in [-0.25, -0.2) is 0 Å². The molecule has 0 aromatic heterocycles. The highest BCUT2D eigenvalue weighted by Crippen LogP contribution is 2.13. The van der Waals surface area contributed by atoms with Crippen molar-refractivity contribution in [2.75, 3.05) is 33.2 Å². The minimum atomic E-state index is -0.104. The minimum Gasteiger partial charge on any atom is -0.341 e. The molecule has 2 saturated heterocycles. The molecule has 5 nitrogen and oxygen atoms in total. The number of nitrogens with one attached hydrogen (secondary N) is 1. The monoisotopic (exact) mass is 253 g/mol. The molecule has 0 saturated carbocycles. The van der Waals surface area contributed by atoms with Crippen molar-refractivity contribution in [2.45, 2.75) is 38.1 Å². The molecule has 0 bridgehead atoms. The fraction of sp³-hybridized carbons (Fsp3) is 0.846. The Kier molecular flexibility index (Phi) is 4.58. The Hall–Kier alpha value is -1.10. The number of nitrogens with zero attached hydrogens (tertiary/aromatic N) is 2. The highest BCUT2D eigenvalue weighted by molar-refractivity contribution is 5.88. The van der Waals surface area contributed by atoms with Crippen LogP contribution < -0.4 is 5.32 Å². The van der Waals surface area contributed by atoms with Crippen LogP contribution in [0.15, 0.2) is 0 Å². The van der Waals surface area contributed by atoms with E-state index >= 15 is 0 Å². The van der Waals surface area contributed by atoms with Crippen molar-refractivity contribution in [3.8, 4) is 0 Å². The zero-order chi connectivity index (χ0) is 13.0. The van der Waals surface area contributed by atoms with Crippen molar-refractivity contribution < 1.29 is 9.59 Å². The van der Waals surface area contributed by atoms with Crippen LogP contribution in [0.4, 0.5) is 0 Å². The first-order valence-electron chi connectivity index (χ1n) is 6.96. The number of piperidine rings is 2. The SMILES string of the molecule is CNC1CCCN(CC(=O)N2CCCCC2)C1=O. The van der Waals surface area contributed by atoms with Crippen molar-refractivity contribution in [1.82, 2.24) is 15.1 Å². The number of carbonyl (C=O) groups excluding carboxylic acids is 2. The Labute approximate surface area is 108 Å². The lowest BCUT2D eigenvalue weighted by atomic mass is 10.0. The molecule has 2 rings (SSSR count). The maximum atomic E-state index is 12.1. The summed E-state index contributed by atoms with van der Waals surface area (Å²) >= 11 is 0. The third-order valence-electron chi connectivity index (χ3n) is 3.91. The number of likely N-dealkylation sites (tertiary alicyclic amines) is 2. The largest absolute Gasteiger partial charge is 0.341 e. The predicted octanol–water partition coefficient (Wildman–Crippen LogP) is 0.209. The van der Waals surface area contributed by atoms with Crippen molar-refractivity contribution >= 4 is 11.8 Å². The number of hydrogen-bond donors (Lipinski definition) is 1. The van der Waals surface area contributed by atoms with Crippen LogP contribution in [-0.4, -0.2) is 60.9 Å². The number of carbonyl (C=O) groups is 2. The lowest BCUT2D eigenvalue weighted by Gasteiger charge is -2.34. The van der Waals surface area contributed by atoms with E-state index < -0.39 is 0 Å². The molecule has 0 aliphatic carbocycles. The second kappa shape index (κ2) is 6.18. The second-order valence-electron chi connectivity index (χ2n) is 5.18. The van der Waals surface area contributed by atoms with Crippen molar-refractivity contribution in [1.29, 1.82) is 0 Å². The van der Waals surface area contributed by atoms with Crippen LogP contribution in [-0.2, 0) is 9.59 Å². The second-order valence-corrected chi connectivity index (χ2v) is 5.18. The summed E-state index contributed by atoms with van der Waals surface area (Å²) in [5.74, 6) is 0.189. The van der Waals surface area contributed by atoms with Gasteiger partial charge in [0, 0.05) is 19.6 Å². The highest BCUT2D eigenvalue weighted by atomic mass is 16.2. The van der Waals surface area contributed by atoms with E-state index in [9.17, 15) is 9.59 Å². The quantitative estimate of drug-likeness (QED) is 0.782. The van der Waals surface area contributed by atoms with E-state index in [1.54, 1.807) is 11.9 Å². The van der Waals surface area contributed by atoms with Gasteiger partial charge in [0.2, 0.25) is 11.8 Å².